The van der Waals surface area contributed by atoms with Gasteiger partial charge in [-0.3, -0.25) is 0 Å². The van der Waals surface area contributed by atoms with Crippen molar-refractivity contribution in [1.82, 2.24) is 10.3 Å². The number of carbonyl (C=O) groups excluding carboxylic acids is 1. The number of hydrogen-bond donors (Lipinski definition) is 2. The van der Waals surface area contributed by atoms with Gasteiger partial charge < -0.3 is 20.3 Å². The second-order valence-electron chi connectivity index (χ2n) is 6.39. The van der Waals surface area contributed by atoms with Crippen LogP contribution in [0, 0.1) is 0 Å². The van der Waals surface area contributed by atoms with Crippen LogP contribution in [0.2, 0.25) is 0 Å². The van der Waals surface area contributed by atoms with E-state index in [4.69, 9.17) is 4.74 Å². The third-order valence-corrected chi connectivity index (χ3v) is 4.70. The van der Waals surface area contributed by atoms with E-state index in [0.717, 1.165) is 42.3 Å². The SMILES string of the molecule is O=C(Nc1cccnc1N1CCCC1)N[C@@H]1CCOc2ccccc21. The van der Waals surface area contributed by atoms with Gasteiger partial charge >= 0.3 is 6.03 Å². The zero-order valence-electron chi connectivity index (χ0n) is 14.1. The van der Waals surface area contributed by atoms with Crippen molar-refractivity contribution >= 4 is 17.5 Å². The minimum absolute atomic E-state index is 0.0446. The van der Waals surface area contributed by atoms with Crippen molar-refractivity contribution in [2.24, 2.45) is 0 Å². The summed E-state index contributed by atoms with van der Waals surface area (Å²) in [6.07, 6.45) is 4.87. The van der Waals surface area contributed by atoms with Crippen LogP contribution in [-0.4, -0.2) is 30.7 Å². The van der Waals surface area contributed by atoms with Crippen LogP contribution in [0.5, 0.6) is 5.75 Å². The van der Waals surface area contributed by atoms with E-state index >= 15 is 0 Å². The Hall–Kier alpha value is -2.76. The van der Waals surface area contributed by atoms with Gasteiger partial charge in [0.15, 0.2) is 5.82 Å². The van der Waals surface area contributed by atoms with Crippen LogP contribution < -0.4 is 20.3 Å². The maximum Gasteiger partial charge on any atom is 0.319 e. The lowest BCUT2D eigenvalue weighted by atomic mass is 10.0. The Bertz CT molecular complexity index is 759. The van der Waals surface area contributed by atoms with Crippen molar-refractivity contribution in [3.63, 3.8) is 0 Å². The third kappa shape index (κ3) is 3.38. The number of para-hydroxylation sites is 1. The summed E-state index contributed by atoms with van der Waals surface area (Å²) >= 11 is 0. The molecule has 3 heterocycles. The molecule has 2 aliphatic heterocycles. The first-order valence-corrected chi connectivity index (χ1v) is 8.80. The summed E-state index contributed by atoms with van der Waals surface area (Å²) < 4.78 is 5.65. The second-order valence-corrected chi connectivity index (χ2v) is 6.39. The number of anilines is 2. The van der Waals surface area contributed by atoms with E-state index in [9.17, 15) is 4.79 Å². The van der Waals surface area contributed by atoms with Gasteiger partial charge in [-0.2, -0.15) is 0 Å². The zero-order valence-corrected chi connectivity index (χ0v) is 14.1. The van der Waals surface area contributed by atoms with Crippen LogP contribution in [-0.2, 0) is 0 Å². The number of hydrogen-bond acceptors (Lipinski definition) is 4. The van der Waals surface area contributed by atoms with Gasteiger partial charge in [0.05, 0.1) is 18.3 Å². The highest BCUT2D eigenvalue weighted by atomic mass is 16.5. The van der Waals surface area contributed by atoms with Crippen molar-refractivity contribution in [2.45, 2.75) is 25.3 Å². The zero-order chi connectivity index (χ0) is 17.1. The molecule has 1 saturated heterocycles. The molecule has 130 valence electrons. The normalized spacial score (nSPS) is 19.0. The van der Waals surface area contributed by atoms with E-state index < -0.39 is 0 Å². The number of urea groups is 1. The quantitative estimate of drug-likeness (QED) is 0.901. The summed E-state index contributed by atoms with van der Waals surface area (Å²) in [6, 6.07) is 11.3. The average Bonchev–Trinajstić information content (AvgIpc) is 3.17. The van der Waals surface area contributed by atoms with Crippen LogP contribution in [0.3, 0.4) is 0 Å². The second kappa shape index (κ2) is 7.01. The molecule has 1 aromatic heterocycles. The lowest BCUT2D eigenvalue weighted by molar-refractivity contribution is 0.232. The van der Waals surface area contributed by atoms with Crippen molar-refractivity contribution < 1.29 is 9.53 Å². The smallest absolute Gasteiger partial charge is 0.319 e. The number of rotatable bonds is 3. The summed E-state index contributed by atoms with van der Waals surface area (Å²) in [4.78, 5) is 19.2. The molecule has 0 bridgehead atoms. The number of nitrogens with zero attached hydrogens (tertiary/aromatic N) is 2. The minimum atomic E-state index is -0.213. The van der Waals surface area contributed by atoms with Gasteiger partial charge in [-0.15, -0.1) is 0 Å². The molecule has 1 fully saturated rings. The average molecular weight is 338 g/mol. The first-order chi connectivity index (χ1) is 12.3. The first-order valence-electron chi connectivity index (χ1n) is 8.80. The number of fused-ring (bicyclic) bond motifs is 1. The van der Waals surface area contributed by atoms with Gasteiger partial charge in [-0.1, -0.05) is 18.2 Å². The molecule has 1 atom stereocenters. The predicted molar refractivity (Wildman–Crippen MR) is 97.1 cm³/mol. The van der Waals surface area contributed by atoms with E-state index in [2.05, 4.69) is 20.5 Å². The Morgan fingerprint density at radius 2 is 2.00 bits per heavy atom. The van der Waals surface area contributed by atoms with E-state index in [0.29, 0.717) is 6.61 Å². The van der Waals surface area contributed by atoms with Crippen molar-refractivity contribution in [1.29, 1.82) is 0 Å². The molecule has 2 amide bonds. The fraction of sp³-hybridized carbons (Fsp3) is 0.368. The molecule has 0 unspecified atom stereocenters. The highest BCUT2D eigenvalue weighted by Gasteiger charge is 2.23. The summed E-state index contributed by atoms with van der Waals surface area (Å²) in [5.74, 6) is 1.70. The molecule has 6 nitrogen and oxygen atoms in total. The molecule has 2 N–H and O–H groups in total. The van der Waals surface area contributed by atoms with E-state index in [1.165, 1.54) is 12.8 Å². The molecular weight excluding hydrogens is 316 g/mol. The number of carbonyl (C=O) groups is 1. The monoisotopic (exact) mass is 338 g/mol. The summed E-state index contributed by atoms with van der Waals surface area (Å²) in [5.41, 5.74) is 1.78. The van der Waals surface area contributed by atoms with Crippen molar-refractivity contribution in [3.05, 3.63) is 48.2 Å². The largest absolute Gasteiger partial charge is 0.493 e. The molecule has 2 aromatic rings. The maximum atomic E-state index is 12.5. The third-order valence-electron chi connectivity index (χ3n) is 4.70. The Morgan fingerprint density at radius 3 is 2.88 bits per heavy atom. The van der Waals surface area contributed by atoms with Gasteiger partial charge in [0.2, 0.25) is 0 Å². The van der Waals surface area contributed by atoms with Crippen LogP contribution in [0.25, 0.3) is 0 Å². The van der Waals surface area contributed by atoms with Gasteiger partial charge in [0.1, 0.15) is 5.75 Å². The van der Waals surface area contributed by atoms with Gasteiger partial charge in [-0.05, 0) is 31.0 Å². The molecule has 1 aromatic carbocycles. The lowest BCUT2D eigenvalue weighted by Gasteiger charge is -2.27. The number of aromatic nitrogens is 1. The minimum Gasteiger partial charge on any atom is -0.493 e. The number of pyridine rings is 1. The molecule has 25 heavy (non-hydrogen) atoms. The maximum absolute atomic E-state index is 12.5. The Balaban J connectivity index is 1.47. The molecular formula is C19H22N4O2. The standard InChI is InChI=1S/C19H22N4O2/c24-19(21-15-9-13-25-17-8-2-1-6-14(15)17)22-16-7-5-10-20-18(16)23-11-3-4-12-23/h1-2,5-8,10,15H,3-4,9,11-13H2,(H2,21,22,24)/t15-/m1/s1. The molecule has 0 aliphatic carbocycles. The molecule has 4 rings (SSSR count). The van der Waals surface area contributed by atoms with Crippen molar-refractivity contribution in [3.8, 4) is 5.75 Å². The Morgan fingerprint density at radius 1 is 1.16 bits per heavy atom. The summed E-state index contributed by atoms with van der Waals surface area (Å²) in [5, 5.41) is 6.04. The van der Waals surface area contributed by atoms with Crippen LogP contribution in [0.1, 0.15) is 30.9 Å². The van der Waals surface area contributed by atoms with Gasteiger partial charge in [0.25, 0.3) is 0 Å². The Kier molecular flexibility index (Phi) is 4.41. The van der Waals surface area contributed by atoms with E-state index in [1.54, 1.807) is 6.20 Å². The summed E-state index contributed by atoms with van der Waals surface area (Å²) in [7, 11) is 0. The van der Waals surface area contributed by atoms with Crippen molar-refractivity contribution in [2.75, 3.05) is 29.9 Å². The highest BCUT2D eigenvalue weighted by molar-refractivity contribution is 5.92. The molecule has 6 heteroatoms. The Labute approximate surface area is 147 Å². The van der Waals surface area contributed by atoms with E-state index in [1.807, 2.05) is 36.4 Å². The summed E-state index contributed by atoms with van der Waals surface area (Å²) in [6.45, 7) is 2.58. The first kappa shape index (κ1) is 15.7. The number of amides is 2. The van der Waals surface area contributed by atoms with Gasteiger partial charge in [-0.25, -0.2) is 9.78 Å². The highest BCUT2D eigenvalue weighted by Crippen LogP contribution is 2.32. The number of ether oxygens (including phenoxy) is 1. The van der Waals surface area contributed by atoms with Crippen LogP contribution in [0.15, 0.2) is 42.6 Å². The number of nitrogens with one attached hydrogen (secondary N) is 2. The fourth-order valence-electron chi connectivity index (χ4n) is 3.48. The fourth-order valence-corrected chi connectivity index (χ4v) is 3.48. The van der Waals surface area contributed by atoms with Gasteiger partial charge in [0, 0.05) is 31.3 Å². The molecule has 2 aliphatic rings. The molecule has 0 saturated carbocycles. The predicted octanol–water partition coefficient (Wildman–Crippen LogP) is 3.33. The van der Waals surface area contributed by atoms with Crippen LogP contribution >= 0.6 is 0 Å². The number of benzene rings is 1. The topological polar surface area (TPSA) is 66.5 Å². The molecule has 0 radical (unpaired) electrons. The lowest BCUT2D eigenvalue weighted by Crippen LogP contribution is -2.35. The van der Waals surface area contributed by atoms with Crippen LogP contribution in [0.4, 0.5) is 16.3 Å². The molecule has 0 spiro atoms. The van der Waals surface area contributed by atoms with E-state index in [-0.39, 0.29) is 12.1 Å².